The van der Waals surface area contributed by atoms with Gasteiger partial charge in [0.05, 0.1) is 15.7 Å². The molecule has 4 nitrogen and oxygen atoms in total. The van der Waals surface area contributed by atoms with E-state index >= 15 is 0 Å². The predicted molar refractivity (Wildman–Crippen MR) is 65.8 cm³/mol. The Morgan fingerprint density at radius 3 is 2.76 bits per heavy atom. The fourth-order valence-corrected chi connectivity index (χ4v) is 2.21. The van der Waals surface area contributed by atoms with Crippen LogP contribution in [-0.4, -0.2) is 17.6 Å². The van der Waals surface area contributed by atoms with Crippen molar-refractivity contribution >= 4 is 28.6 Å². The molecule has 0 aliphatic heterocycles. The number of alkyl halides is 2. The van der Waals surface area contributed by atoms with E-state index in [1.165, 1.54) is 6.20 Å². The number of halogens is 3. The first-order valence-electron chi connectivity index (χ1n) is 4.85. The number of carbonyl (C=O) groups excluding carboxylic acids is 1. The minimum Gasteiger partial charge on any atom is -0.462 e. The molecule has 0 saturated heterocycles. The summed E-state index contributed by atoms with van der Waals surface area (Å²) in [5, 5.41) is 0. The Labute approximate surface area is 111 Å². The summed E-state index contributed by atoms with van der Waals surface area (Å²) in [5.74, 6) is -0.651. The summed E-state index contributed by atoms with van der Waals surface area (Å²) in [6, 6.07) is 0. The van der Waals surface area contributed by atoms with Gasteiger partial charge in [-0.2, -0.15) is 0 Å². The number of ether oxygens (including phenoxy) is 1. The molecule has 94 valence electrons. The Morgan fingerprint density at radius 1 is 1.65 bits per heavy atom. The van der Waals surface area contributed by atoms with Crippen LogP contribution in [0.2, 0.25) is 0 Å². The van der Waals surface area contributed by atoms with Crippen molar-refractivity contribution < 1.29 is 18.3 Å². The molecule has 1 heterocycles. The van der Waals surface area contributed by atoms with E-state index in [1.807, 2.05) is 0 Å². The number of hydrogen-bond donors (Lipinski definition) is 1. The Kier molecular flexibility index (Phi) is 5.19. The van der Waals surface area contributed by atoms with Gasteiger partial charge in [-0.05, 0) is 35.1 Å². The maximum Gasteiger partial charge on any atom is 0.339 e. The molecule has 0 aromatic carbocycles. The minimum absolute atomic E-state index is 0.0423. The molecular weight excluding hydrogens is 345 g/mol. The zero-order valence-corrected chi connectivity index (χ0v) is 11.2. The highest BCUT2D eigenvalue weighted by Gasteiger charge is 2.23. The third-order valence-electron chi connectivity index (χ3n) is 2.03. The highest BCUT2D eigenvalue weighted by molar-refractivity contribution is 14.1. The van der Waals surface area contributed by atoms with Crippen LogP contribution < -0.4 is 5.73 Å². The van der Waals surface area contributed by atoms with E-state index in [9.17, 15) is 13.6 Å². The number of nitrogens with zero attached hydrogens (tertiary/aromatic N) is 1. The second-order valence-corrected chi connectivity index (χ2v) is 4.16. The molecule has 0 atom stereocenters. The summed E-state index contributed by atoms with van der Waals surface area (Å²) in [6.45, 7) is 1.86. The normalized spacial score (nSPS) is 10.7. The monoisotopic (exact) mass is 356 g/mol. The molecule has 0 spiro atoms. The van der Waals surface area contributed by atoms with Crippen molar-refractivity contribution in [2.24, 2.45) is 5.73 Å². The van der Waals surface area contributed by atoms with Gasteiger partial charge in [0.1, 0.15) is 5.69 Å². The summed E-state index contributed by atoms with van der Waals surface area (Å²) < 4.78 is 30.2. The number of aromatic nitrogens is 1. The molecular formula is C10H11F2IN2O2. The van der Waals surface area contributed by atoms with Crippen LogP contribution >= 0.6 is 22.6 Å². The fraction of sp³-hybridized carbons (Fsp3) is 0.400. The molecule has 0 saturated carbocycles. The molecule has 1 aromatic rings. The molecule has 0 radical (unpaired) electrons. The van der Waals surface area contributed by atoms with Crippen molar-refractivity contribution in [1.82, 2.24) is 4.98 Å². The average Bonchev–Trinajstić information content (AvgIpc) is 2.27. The van der Waals surface area contributed by atoms with Gasteiger partial charge in [-0.1, -0.05) is 0 Å². The van der Waals surface area contributed by atoms with E-state index in [4.69, 9.17) is 10.5 Å². The highest BCUT2D eigenvalue weighted by Crippen LogP contribution is 2.27. The smallest absolute Gasteiger partial charge is 0.339 e. The predicted octanol–water partition coefficient (Wildman–Crippen LogP) is 2.26. The van der Waals surface area contributed by atoms with E-state index in [0.29, 0.717) is 5.56 Å². The van der Waals surface area contributed by atoms with Crippen molar-refractivity contribution in [3.05, 3.63) is 26.6 Å². The topological polar surface area (TPSA) is 65.2 Å². The summed E-state index contributed by atoms with van der Waals surface area (Å²) in [7, 11) is 0. The summed E-state index contributed by atoms with van der Waals surface area (Å²) in [4.78, 5) is 15.3. The van der Waals surface area contributed by atoms with E-state index in [-0.39, 0.29) is 22.3 Å². The Bertz CT molecular complexity index is 427. The van der Waals surface area contributed by atoms with Crippen LogP contribution in [0, 0.1) is 3.57 Å². The van der Waals surface area contributed by atoms with Crippen LogP contribution in [-0.2, 0) is 11.3 Å². The zero-order valence-electron chi connectivity index (χ0n) is 9.04. The molecule has 0 aliphatic rings. The summed E-state index contributed by atoms with van der Waals surface area (Å²) in [6.07, 6.45) is -1.54. The van der Waals surface area contributed by atoms with Crippen molar-refractivity contribution in [1.29, 1.82) is 0 Å². The van der Waals surface area contributed by atoms with Gasteiger partial charge in [-0.15, -0.1) is 0 Å². The number of rotatable bonds is 4. The lowest BCUT2D eigenvalue weighted by Crippen LogP contribution is -2.15. The maximum atomic E-state index is 12.6. The average molecular weight is 356 g/mol. The molecule has 0 fully saturated rings. The molecule has 0 amide bonds. The van der Waals surface area contributed by atoms with Crippen LogP contribution in [0.1, 0.15) is 35.0 Å². The molecule has 1 aromatic heterocycles. The second kappa shape index (κ2) is 6.20. The van der Waals surface area contributed by atoms with Gasteiger partial charge in [0.25, 0.3) is 6.43 Å². The Balaban J connectivity index is 3.32. The van der Waals surface area contributed by atoms with E-state index in [2.05, 4.69) is 4.98 Å². The standard InChI is InChI=1S/C10H11F2IN2O2/c1-2-17-10(16)6-5(3-14)4-15-8(7(6)13)9(11)12/h4,9H,2-3,14H2,1H3. The van der Waals surface area contributed by atoms with Crippen LogP contribution in [0.5, 0.6) is 0 Å². The van der Waals surface area contributed by atoms with Crippen molar-refractivity contribution in [2.45, 2.75) is 19.9 Å². The molecule has 2 N–H and O–H groups in total. The first kappa shape index (κ1) is 14.2. The van der Waals surface area contributed by atoms with Gasteiger partial charge in [-0.25, -0.2) is 13.6 Å². The van der Waals surface area contributed by atoms with Gasteiger partial charge < -0.3 is 10.5 Å². The van der Waals surface area contributed by atoms with Crippen LogP contribution in [0.4, 0.5) is 8.78 Å². The largest absolute Gasteiger partial charge is 0.462 e. The van der Waals surface area contributed by atoms with Crippen LogP contribution in [0.25, 0.3) is 0 Å². The van der Waals surface area contributed by atoms with Gasteiger partial charge in [-0.3, -0.25) is 4.98 Å². The summed E-state index contributed by atoms with van der Waals surface area (Å²) >= 11 is 1.66. The third-order valence-corrected chi connectivity index (χ3v) is 3.12. The van der Waals surface area contributed by atoms with Crippen molar-refractivity contribution in [3.63, 3.8) is 0 Å². The lowest BCUT2D eigenvalue weighted by atomic mass is 10.1. The van der Waals surface area contributed by atoms with E-state index in [1.54, 1.807) is 29.5 Å². The lowest BCUT2D eigenvalue weighted by molar-refractivity contribution is 0.0523. The SMILES string of the molecule is CCOC(=O)c1c(CN)cnc(C(F)F)c1I. The number of nitrogens with two attached hydrogens (primary N) is 1. The summed E-state index contributed by atoms with van der Waals surface area (Å²) in [5.41, 5.74) is 5.50. The van der Waals surface area contributed by atoms with E-state index < -0.39 is 18.1 Å². The van der Waals surface area contributed by atoms with Gasteiger partial charge >= 0.3 is 5.97 Å². The third kappa shape index (κ3) is 3.09. The molecule has 17 heavy (non-hydrogen) atoms. The number of carbonyl (C=O) groups is 1. The molecule has 0 aliphatic carbocycles. The number of pyridine rings is 1. The van der Waals surface area contributed by atoms with Crippen molar-refractivity contribution in [2.75, 3.05) is 6.61 Å². The zero-order chi connectivity index (χ0) is 13.0. The van der Waals surface area contributed by atoms with Crippen molar-refractivity contribution in [3.8, 4) is 0 Å². The first-order valence-corrected chi connectivity index (χ1v) is 5.93. The maximum absolute atomic E-state index is 12.6. The van der Waals surface area contributed by atoms with E-state index in [0.717, 1.165) is 0 Å². The quantitative estimate of drug-likeness (QED) is 0.664. The van der Waals surface area contributed by atoms with Crippen LogP contribution in [0.3, 0.4) is 0 Å². The second-order valence-electron chi connectivity index (χ2n) is 3.08. The molecule has 1 rings (SSSR count). The number of esters is 1. The highest BCUT2D eigenvalue weighted by atomic mass is 127. The van der Waals surface area contributed by atoms with Gasteiger partial charge in [0.15, 0.2) is 0 Å². The van der Waals surface area contributed by atoms with Crippen LogP contribution in [0.15, 0.2) is 6.20 Å². The lowest BCUT2D eigenvalue weighted by Gasteiger charge is -2.12. The molecule has 7 heteroatoms. The number of hydrogen-bond acceptors (Lipinski definition) is 4. The molecule has 0 unspecified atom stereocenters. The van der Waals surface area contributed by atoms with Gasteiger partial charge in [0.2, 0.25) is 0 Å². The Morgan fingerprint density at radius 2 is 2.29 bits per heavy atom. The Hall–Kier alpha value is -0.830. The van der Waals surface area contributed by atoms with Gasteiger partial charge in [0, 0.05) is 12.7 Å². The molecule has 0 bridgehead atoms. The minimum atomic E-state index is -2.73. The first-order chi connectivity index (χ1) is 8.02. The fourth-order valence-electron chi connectivity index (χ4n) is 1.27.